The summed E-state index contributed by atoms with van der Waals surface area (Å²) < 4.78 is 58.5. The second-order valence-corrected chi connectivity index (χ2v) is 9.23. The molecule has 33 heavy (non-hydrogen) atoms. The van der Waals surface area contributed by atoms with Gasteiger partial charge in [-0.15, -0.1) is 0 Å². The van der Waals surface area contributed by atoms with Gasteiger partial charge in [0.15, 0.2) is 0 Å². The first-order valence-electron chi connectivity index (χ1n) is 11.0. The molecule has 2 aromatic carbocycles. The Labute approximate surface area is 189 Å². The van der Waals surface area contributed by atoms with E-state index in [2.05, 4.69) is 0 Å². The van der Waals surface area contributed by atoms with Gasteiger partial charge in [0.05, 0.1) is 6.04 Å². The van der Waals surface area contributed by atoms with Crippen molar-refractivity contribution in [2.45, 2.75) is 56.7 Å². The summed E-state index contributed by atoms with van der Waals surface area (Å²) in [6, 6.07) is 8.61. The third kappa shape index (κ3) is 3.78. The van der Waals surface area contributed by atoms with E-state index in [1.807, 2.05) is 36.1 Å². The summed E-state index contributed by atoms with van der Waals surface area (Å²) in [5, 5.41) is 8.81. The van der Waals surface area contributed by atoms with Crippen LogP contribution in [-0.4, -0.2) is 34.0 Å². The minimum Gasteiger partial charge on any atom is -0.478 e. The minimum atomic E-state index is -2.76. The van der Waals surface area contributed by atoms with Crippen LogP contribution in [0.3, 0.4) is 0 Å². The van der Waals surface area contributed by atoms with Gasteiger partial charge in [-0.1, -0.05) is 24.3 Å². The maximum absolute atomic E-state index is 15.4. The Morgan fingerprint density at radius 3 is 2.45 bits per heavy atom. The van der Waals surface area contributed by atoms with E-state index in [4.69, 9.17) is 5.11 Å². The van der Waals surface area contributed by atoms with Gasteiger partial charge in [0.25, 0.3) is 5.92 Å². The first-order chi connectivity index (χ1) is 15.6. The molecule has 0 saturated heterocycles. The van der Waals surface area contributed by atoms with Crippen LogP contribution in [0.15, 0.2) is 48.0 Å². The molecule has 0 aromatic heterocycles. The molecule has 0 amide bonds. The lowest BCUT2D eigenvalue weighted by molar-refractivity contribution is -0.138. The van der Waals surface area contributed by atoms with Gasteiger partial charge in [0, 0.05) is 36.6 Å². The van der Waals surface area contributed by atoms with Gasteiger partial charge < -0.3 is 5.11 Å². The van der Waals surface area contributed by atoms with Gasteiger partial charge in [-0.05, 0) is 65.8 Å². The molecule has 1 fully saturated rings. The number of hydrogen-bond acceptors (Lipinski definition) is 2. The lowest BCUT2D eigenvalue weighted by atomic mass is 9.78. The number of carboxylic acid groups (broad SMARTS) is 1. The highest BCUT2D eigenvalue weighted by molar-refractivity contribution is 5.85. The van der Waals surface area contributed by atoms with Crippen LogP contribution >= 0.6 is 0 Å². The topological polar surface area (TPSA) is 40.5 Å². The molecule has 0 spiro atoms. The maximum Gasteiger partial charge on any atom is 0.328 e. The lowest BCUT2D eigenvalue weighted by Crippen LogP contribution is -2.56. The standard InChI is InChI=1S/C26H23F4NO2/c1-14-8-19-18-5-3-2-4-16(18)11-20(19)25(31(14)17-12-26(29,30)13-17)24-21(27)9-15(10-22(24)28)6-7-23(32)33/h2-7,9-10,14,17,25H,8,11-13H2,1H3,(H,32,33)/b7-6+/t14-,25+/m1/s1. The summed E-state index contributed by atoms with van der Waals surface area (Å²) in [7, 11) is 0. The number of aliphatic carboxylic acids is 1. The number of hydrogen-bond donors (Lipinski definition) is 1. The highest BCUT2D eigenvalue weighted by Crippen LogP contribution is 2.53. The SMILES string of the molecule is C[C@@H]1CC2=C(Cc3ccccc32)[C@@H](c2c(F)cc(/C=C/C(=O)O)cc2F)N1C1CC(F)(F)C1. The normalized spacial score (nSPS) is 24.6. The average molecular weight is 457 g/mol. The lowest BCUT2D eigenvalue weighted by Gasteiger charge is -2.51. The van der Waals surface area contributed by atoms with E-state index >= 15 is 8.78 Å². The number of rotatable bonds is 4. The molecule has 2 aliphatic carbocycles. The van der Waals surface area contributed by atoms with Gasteiger partial charge in [-0.25, -0.2) is 22.4 Å². The molecule has 2 aromatic rings. The van der Waals surface area contributed by atoms with Crippen molar-refractivity contribution in [1.29, 1.82) is 0 Å². The van der Waals surface area contributed by atoms with Crippen LogP contribution in [0.25, 0.3) is 11.6 Å². The summed E-state index contributed by atoms with van der Waals surface area (Å²) >= 11 is 0. The highest BCUT2D eigenvalue weighted by atomic mass is 19.3. The highest BCUT2D eigenvalue weighted by Gasteiger charge is 2.53. The molecule has 3 aliphatic rings. The van der Waals surface area contributed by atoms with Crippen molar-refractivity contribution >= 4 is 17.6 Å². The summed E-state index contributed by atoms with van der Waals surface area (Å²) in [5.41, 5.74) is 3.96. The number of fused-ring (bicyclic) bond motifs is 2. The predicted molar refractivity (Wildman–Crippen MR) is 117 cm³/mol. The summed E-state index contributed by atoms with van der Waals surface area (Å²) in [6.45, 7) is 1.92. The summed E-state index contributed by atoms with van der Waals surface area (Å²) in [6.07, 6.45) is 2.43. The predicted octanol–water partition coefficient (Wildman–Crippen LogP) is 6.01. The summed E-state index contributed by atoms with van der Waals surface area (Å²) in [5.74, 6) is -5.60. The van der Waals surface area contributed by atoms with Crippen molar-refractivity contribution in [1.82, 2.24) is 4.90 Å². The average Bonchev–Trinajstić information content (AvgIpc) is 3.08. The number of halogens is 4. The zero-order valence-electron chi connectivity index (χ0n) is 18.0. The van der Waals surface area contributed by atoms with Crippen LogP contribution in [0.1, 0.15) is 54.5 Å². The molecule has 0 unspecified atom stereocenters. The molecule has 3 nitrogen and oxygen atoms in total. The van der Waals surface area contributed by atoms with Crippen LogP contribution in [0, 0.1) is 11.6 Å². The third-order valence-electron chi connectivity index (χ3n) is 7.03. The monoisotopic (exact) mass is 457 g/mol. The Balaban J connectivity index is 1.63. The van der Waals surface area contributed by atoms with Crippen molar-refractivity contribution in [2.75, 3.05) is 0 Å². The Morgan fingerprint density at radius 1 is 1.15 bits per heavy atom. The van der Waals surface area contributed by atoms with Gasteiger partial charge in [-0.3, -0.25) is 4.90 Å². The van der Waals surface area contributed by atoms with Crippen LogP contribution in [0.4, 0.5) is 17.6 Å². The van der Waals surface area contributed by atoms with E-state index in [9.17, 15) is 13.6 Å². The summed E-state index contributed by atoms with van der Waals surface area (Å²) in [4.78, 5) is 12.7. The Kier molecular flexibility index (Phi) is 5.20. The first-order valence-corrected chi connectivity index (χ1v) is 11.0. The zero-order chi connectivity index (χ0) is 23.5. The molecule has 0 radical (unpaired) electrons. The van der Waals surface area contributed by atoms with Crippen LogP contribution in [0.5, 0.6) is 0 Å². The molecular formula is C26H23F4NO2. The van der Waals surface area contributed by atoms with E-state index < -0.39 is 35.6 Å². The Hall–Kier alpha value is -2.93. The Bertz CT molecular complexity index is 1170. The fourth-order valence-electron chi connectivity index (χ4n) is 5.66. The van der Waals surface area contributed by atoms with Crippen molar-refractivity contribution in [3.05, 3.63) is 81.9 Å². The molecule has 5 rings (SSSR count). The number of alkyl halides is 2. The number of carbonyl (C=O) groups is 1. The third-order valence-corrected chi connectivity index (χ3v) is 7.03. The largest absolute Gasteiger partial charge is 0.478 e. The molecule has 0 bridgehead atoms. The van der Waals surface area contributed by atoms with Gasteiger partial charge in [0.2, 0.25) is 0 Å². The maximum atomic E-state index is 15.4. The second kappa shape index (κ2) is 7.83. The van der Waals surface area contributed by atoms with Crippen LogP contribution in [-0.2, 0) is 11.2 Å². The molecular weight excluding hydrogens is 434 g/mol. The Morgan fingerprint density at radius 2 is 1.82 bits per heavy atom. The molecule has 1 heterocycles. The van der Waals surface area contributed by atoms with Crippen molar-refractivity contribution in [3.8, 4) is 0 Å². The fraction of sp³-hybridized carbons (Fsp3) is 0.346. The van der Waals surface area contributed by atoms with Crippen molar-refractivity contribution in [2.24, 2.45) is 0 Å². The fourth-order valence-corrected chi connectivity index (χ4v) is 5.66. The van der Waals surface area contributed by atoms with E-state index in [-0.39, 0.29) is 30.0 Å². The second-order valence-electron chi connectivity index (χ2n) is 9.23. The number of nitrogens with zero attached hydrogens (tertiary/aromatic N) is 1. The molecule has 1 aliphatic heterocycles. The first kappa shape index (κ1) is 21.9. The van der Waals surface area contributed by atoms with Crippen molar-refractivity contribution in [3.63, 3.8) is 0 Å². The van der Waals surface area contributed by atoms with Crippen molar-refractivity contribution < 1.29 is 27.5 Å². The molecule has 2 atom stereocenters. The molecule has 1 saturated carbocycles. The zero-order valence-corrected chi connectivity index (χ0v) is 18.0. The van der Waals surface area contributed by atoms with E-state index in [1.165, 1.54) is 0 Å². The quantitative estimate of drug-likeness (QED) is 0.452. The number of benzene rings is 2. The van der Waals surface area contributed by atoms with Gasteiger partial charge >= 0.3 is 5.97 Å². The molecule has 1 N–H and O–H groups in total. The van der Waals surface area contributed by atoms with Gasteiger partial charge in [0.1, 0.15) is 11.6 Å². The minimum absolute atomic E-state index is 0.0886. The van der Waals surface area contributed by atoms with E-state index in [0.717, 1.165) is 46.6 Å². The van der Waals surface area contributed by atoms with E-state index in [0.29, 0.717) is 12.8 Å². The van der Waals surface area contributed by atoms with Crippen LogP contribution in [0.2, 0.25) is 0 Å². The van der Waals surface area contributed by atoms with Crippen LogP contribution < -0.4 is 0 Å². The molecule has 172 valence electrons. The molecule has 7 heteroatoms. The smallest absolute Gasteiger partial charge is 0.328 e. The van der Waals surface area contributed by atoms with Gasteiger partial charge in [-0.2, -0.15) is 0 Å². The van der Waals surface area contributed by atoms with E-state index in [1.54, 1.807) is 0 Å². The number of carboxylic acids is 1.